The first-order valence-corrected chi connectivity index (χ1v) is 6.43. The van der Waals surface area contributed by atoms with Crippen LogP contribution in [0.1, 0.15) is 22.1 Å². The van der Waals surface area contributed by atoms with Crippen LogP contribution in [0.4, 0.5) is 0 Å². The molecule has 0 spiro atoms. The summed E-state index contributed by atoms with van der Waals surface area (Å²) in [5.41, 5.74) is 2.36. The molecule has 0 fully saturated rings. The maximum atomic E-state index is 10.2. The Bertz CT molecular complexity index is 490. The van der Waals surface area contributed by atoms with Crippen LogP contribution >= 0.6 is 11.3 Å². The summed E-state index contributed by atoms with van der Waals surface area (Å²) in [5.74, 6) is 0.773. The highest BCUT2D eigenvalue weighted by molar-refractivity contribution is 7.10. The topological polar surface area (TPSA) is 29.5 Å². The second-order valence-electron chi connectivity index (χ2n) is 4.06. The molecule has 1 unspecified atom stereocenters. The molecule has 0 aliphatic heterocycles. The first-order chi connectivity index (χ1) is 8.20. The first-order valence-electron chi connectivity index (χ1n) is 5.55. The summed E-state index contributed by atoms with van der Waals surface area (Å²) in [6.45, 7) is 2.06. The van der Waals surface area contributed by atoms with Gasteiger partial charge in [0.25, 0.3) is 0 Å². The van der Waals surface area contributed by atoms with E-state index in [1.165, 1.54) is 16.9 Å². The molecule has 90 valence electrons. The summed E-state index contributed by atoms with van der Waals surface area (Å²) in [7, 11) is 1.63. The Kier molecular flexibility index (Phi) is 3.82. The highest BCUT2D eigenvalue weighted by Gasteiger charge is 2.15. The van der Waals surface area contributed by atoms with E-state index in [2.05, 4.69) is 19.1 Å². The zero-order valence-electron chi connectivity index (χ0n) is 10.0. The van der Waals surface area contributed by atoms with Crippen LogP contribution in [-0.4, -0.2) is 12.2 Å². The van der Waals surface area contributed by atoms with Crippen molar-refractivity contribution in [1.82, 2.24) is 0 Å². The van der Waals surface area contributed by atoms with Gasteiger partial charge in [-0.15, -0.1) is 11.3 Å². The fourth-order valence-electron chi connectivity index (χ4n) is 1.88. The summed E-state index contributed by atoms with van der Waals surface area (Å²) in [5, 5.41) is 12.1. The molecule has 0 amide bonds. The van der Waals surface area contributed by atoms with Crippen molar-refractivity contribution >= 4 is 11.3 Å². The predicted molar refractivity (Wildman–Crippen MR) is 70.7 cm³/mol. The lowest BCUT2D eigenvalue weighted by Crippen LogP contribution is -2.01. The van der Waals surface area contributed by atoms with Gasteiger partial charge in [0, 0.05) is 6.42 Å². The predicted octanol–water partition coefficient (Wildman–Crippen LogP) is 3.34. The molecule has 1 atom stereocenters. The average molecular weight is 248 g/mol. The molecule has 0 aliphatic carbocycles. The quantitative estimate of drug-likeness (QED) is 0.899. The summed E-state index contributed by atoms with van der Waals surface area (Å²) in [4.78, 5) is 0.897. The smallest absolute Gasteiger partial charge is 0.135 e. The average Bonchev–Trinajstić information content (AvgIpc) is 2.77. The van der Waals surface area contributed by atoms with Gasteiger partial charge in [-0.3, -0.25) is 0 Å². The molecule has 1 N–H and O–H groups in total. The van der Waals surface area contributed by atoms with Crippen LogP contribution in [-0.2, 0) is 6.42 Å². The van der Waals surface area contributed by atoms with Gasteiger partial charge in [-0.05, 0) is 23.9 Å². The van der Waals surface area contributed by atoms with Crippen molar-refractivity contribution in [3.8, 4) is 5.75 Å². The van der Waals surface area contributed by atoms with Gasteiger partial charge in [0.1, 0.15) is 5.75 Å². The van der Waals surface area contributed by atoms with Gasteiger partial charge < -0.3 is 9.84 Å². The third kappa shape index (κ3) is 2.87. The molecule has 0 saturated heterocycles. The number of aryl methyl sites for hydroxylation is 1. The molecule has 2 aromatic rings. The molecule has 3 heteroatoms. The number of aliphatic hydroxyl groups is 1. The maximum Gasteiger partial charge on any atom is 0.135 e. The normalized spacial score (nSPS) is 12.4. The van der Waals surface area contributed by atoms with Gasteiger partial charge >= 0.3 is 0 Å². The van der Waals surface area contributed by atoms with E-state index in [-0.39, 0.29) is 0 Å². The number of benzene rings is 1. The third-order valence-corrected chi connectivity index (χ3v) is 3.69. The summed E-state index contributed by atoms with van der Waals surface area (Å²) in [6, 6.07) is 10.1. The molecule has 0 aliphatic rings. The van der Waals surface area contributed by atoms with E-state index >= 15 is 0 Å². The van der Waals surface area contributed by atoms with Crippen molar-refractivity contribution < 1.29 is 9.84 Å². The number of hydrogen-bond donors (Lipinski definition) is 1. The van der Waals surface area contributed by atoms with Crippen molar-refractivity contribution in [3.05, 3.63) is 51.7 Å². The highest BCUT2D eigenvalue weighted by atomic mass is 32.1. The molecule has 1 aromatic carbocycles. The van der Waals surface area contributed by atoms with E-state index in [0.29, 0.717) is 6.42 Å². The van der Waals surface area contributed by atoms with Gasteiger partial charge in [-0.25, -0.2) is 0 Å². The van der Waals surface area contributed by atoms with Crippen molar-refractivity contribution in [1.29, 1.82) is 0 Å². The van der Waals surface area contributed by atoms with Gasteiger partial charge in [0.05, 0.1) is 18.1 Å². The summed E-state index contributed by atoms with van der Waals surface area (Å²) in [6.07, 6.45) is 0.130. The lowest BCUT2D eigenvalue weighted by Gasteiger charge is -2.11. The van der Waals surface area contributed by atoms with Gasteiger partial charge in [-0.1, -0.05) is 29.8 Å². The lowest BCUT2D eigenvalue weighted by atomic mass is 10.0. The van der Waals surface area contributed by atoms with E-state index in [1.54, 1.807) is 7.11 Å². The number of hydrogen-bond acceptors (Lipinski definition) is 3. The Labute approximate surface area is 105 Å². The Morgan fingerprint density at radius 3 is 2.88 bits per heavy atom. The summed E-state index contributed by atoms with van der Waals surface area (Å²) >= 11 is 1.53. The van der Waals surface area contributed by atoms with E-state index in [4.69, 9.17) is 4.74 Å². The summed E-state index contributed by atoms with van der Waals surface area (Å²) < 4.78 is 5.22. The molecule has 2 nitrogen and oxygen atoms in total. The molecular weight excluding hydrogens is 232 g/mol. The van der Waals surface area contributed by atoms with Crippen LogP contribution in [0, 0.1) is 6.92 Å². The fourth-order valence-corrected chi connectivity index (χ4v) is 2.72. The number of aliphatic hydroxyl groups excluding tert-OH is 1. The lowest BCUT2D eigenvalue weighted by molar-refractivity contribution is 0.178. The van der Waals surface area contributed by atoms with Crippen molar-refractivity contribution in [2.75, 3.05) is 7.11 Å². The zero-order chi connectivity index (χ0) is 12.3. The van der Waals surface area contributed by atoms with E-state index in [9.17, 15) is 5.11 Å². The Morgan fingerprint density at radius 2 is 2.18 bits per heavy atom. The molecule has 0 bridgehead atoms. The fraction of sp³-hybridized carbons (Fsp3) is 0.286. The van der Waals surface area contributed by atoms with Crippen molar-refractivity contribution in [2.45, 2.75) is 19.4 Å². The van der Waals surface area contributed by atoms with Crippen LogP contribution in [0.15, 0.2) is 35.7 Å². The third-order valence-electron chi connectivity index (χ3n) is 2.69. The van der Waals surface area contributed by atoms with Crippen LogP contribution in [0.25, 0.3) is 0 Å². The molecule has 1 heterocycles. The molecule has 0 radical (unpaired) electrons. The largest absolute Gasteiger partial charge is 0.495 e. The van der Waals surface area contributed by atoms with Gasteiger partial charge in [-0.2, -0.15) is 0 Å². The van der Waals surface area contributed by atoms with Gasteiger partial charge in [0.15, 0.2) is 0 Å². The molecule has 2 rings (SSSR count). The highest BCUT2D eigenvalue weighted by Crippen LogP contribution is 2.32. The maximum absolute atomic E-state index is 10.2. The van der Waals surface area contributed by atoms with Crippen molar-refractivity contribution in [2.24, 2.45) is 0 Å². The SMILES string of the molecule is COc1ccsc1C(O)Cc1cccc(C)c1. The number of ether oxygens (including phenoxy) is 1. The molecule has 1 aromatic heterocycles. The first kappa shape index (κ1) is 12.1. The number of thiophene rings is 1. The van der Waals surface area contributed by atoms with Crippen LogP contribution in [0.2, 0.25) is 0 Å². The van der Waals surface area contributed by atoms with Crippen LogP contribution in [0.3, 0.4) is 0 Å². The minimum Gasteiger partial charge on any atom is -0.495 e. The second kappa shape index (κ2) is 5.34. The Balaban J connectivity index is 2.14. The monoisotopic (exact) mass is 248 g/mol. The van der Waals surface area contributed by atoms with Crippen molar-refractivity contribution in [3.63, 3.8) is 0 Å². The minimum absolute atomic E-state index is 0.494. The number of methoxy groups -OCH3 is 1. The van der Waals surface area contributed by atoms with E-state index in [0.717, 1.165) is 16.2 Å². The van der Waals surface area contributed by atoms with E-state index < -0.39 is 6.10 Å². The minimum atomic E-state index is -0.494. The molecular formula is C14H16O2S. The Morgan fingerprint density at radius 1 is 1.35 bits per heavy atom. The molecule has 17 heavy (non-hydrogen) atoms. The van der Waals surface area contributed by atoms with Crippen LogP contribution < -0.4 is 4.74 Å². The standard InChI is InChI=1S/C14H16O2S/c1-10-4-3-5-11(8-10)9-12(15)14-13(16-2)6-7-17-14/h3-8,12,15H,9H2,1-2H3. The second-order valence-corrected chi connectivity index (χ2v) is 5.01. The van der Waals surface area contributed by atoms with Gasteiger partial charge in [0.2, 0.25) is 0 Å². The van der Waals surface area contributed by atoms with E-state index in [1.807, 2.05) is 23.6 Å². The Hall–Kier alpha value is -1.32. The van der Waals surface area contributed by atoms with Crippen LogP contribution in [0.5, 0.6) is 5.75 Å². The zero-order valence-corrected chi connectivity index (χ0v) is 10.8. The molecule has 0 saturated carbocycles. The number of rotatable bonds is 4.